The number of nitrogens with two attached hydrogens (primary N) is 1. The zero-order chi connectivity index (χ0) is 21.2. The number of H-pyrrole nitrogens is 1. The summed E-state index contributed by atoms with van der Waals surface area (Å²) in [4.78, 5) is 30.5. The molecule has 11 heteroatoms. The standard InChI is InChI=1S/C10H8N2O3S.C8H8F3NO/c13-8-6-4-2-1-3-5(4)16-9(6)12-7(11-8)10(14)15;9-8(10,11)13-7-3-1-2-6(4-7)5-12/h1-3H2,(H,14,15)(H,11,12,13);1-4H,5,12H2. The van der Waals surface area contributed by atoms with E-state index in [1.807, 2.05) is 0 Å². The predicted molar refractivity (Wildman–Crippen MR) is 100 cm³/mol. The van der Waals surface area contributed by atoms with Crippen LogP contribution in [0, 0.1) is 0 Å². The summed E-state index contributed by atoms with van der Waals surface area (Å²) in [6.07, 6.45) is -1.71. The Kier molecular flexibility index (Phi) is 5.89. The topological polar surface area (TPSA) is 118 Å². The number of benzene rings is 1. The molecule has 0 saturated heterocycles. The lowest BCUT2D eigenvalue weighted by atomic mass is 10.2. The fraction of sp³-hybridized carbons (Fsp3) is 0.278. The first kappa shape index (κ1) is 20.8. The van der Waals surface area contributed by atoms with E-state index in [0.29, 0.717) is 15.8 Å². The molecule has 1 aliphatic rings. The number of ether oxygens (including phenoxy) is 1. The smallest absolute Gasteiger partial charge is 0.475 e. The monoisotopic (exact) mass is 427 g/mol. The number of alkyl halides is 3. The number of hydrogen-bond donors (Lipinski definition) is 3. The van der Waals surface area contributed by atoms with Crippen molar-refractivity contribution in [2.24, 2.45) is 5.73 Å². The number of hydrogen-bond acceptors (Lipinski definition) is 6. The van der Waals surface area contributed by atoms with Crippen LogP contribution in [0.25, 0.3) is 10.2 Å². The van der Waals surface area contributed by atoms with Gasteiger partial charge in [0.25, 0.3) is 5.56 Å². The predicted octanol–water partition coefficient (Wildman–Crippen LogP) is 3.22. The maximum Gasteiger partial charge on any atom is 0.573 e. The van der Waals surface area contributed by atoms with Crippen LogP contribution in [0.2, 0.25) is 0 Å². The average molecular weight is 427 g/mol. The number of fused-ring (bicyclic) bond motifs is 3. The van der Waals surface area contributed by atoms with Crippen molar-refractivity contribution in [2.45, 2.75) is 32.2 Å². The number of nitrogens with one attached hydrogen (secondary N) is 1. The first-order valence-corrected chi connectivity index (χ1v) is 9.32. The molecule has 2 aromatic heterocycles. The molecule has 0 spiro atoms. The van der Waals surface area contributed by atoms with E-state index in [1.54, 1.807) is 6.07 Å². The Labute approximate surface area is 166 Å². The second-order valence-electron chi connectivity index (χ2n) is 6.16. The number of carboxylic acid groups (broad SMARTS) is 1. The number of carboxylic acids is 1. The Morgan fingerprint density at radius 3 is 2.76 bits per heavy atom. The molecule has 0 aliphatic heterocycles. The molecule has 0 atom stereocenters. The van der Waals surface area contributed by atoms with Gasteiger partial charge in [0.15, 0.2) is 0 Å². The molecule has 29 heavy (non-hydrogen) atoms. The average Bonchev–Trinajstić information content (AvgIpc) is 3.21. The van der Waals surface area contributed by atoms with E-state index in [9.17, 15) is 22.8 Å². The molecule has 0 amide bonds. The second kappa shape index (κ2) is 8.21. The van der Waals surface area contributed by atoms with Crippen LogP contribution >= 0.6 is 11.3 Å². The van der Waals surface area contributed by atoms with Gasteiger partial charge in [-0.2, -0.15) is 0 Å². The summed E-state index contributed by atoms with van der Waals surface area (Å²) in [5.74, 6) is -1.72. The highest BCUT2D eigenvalue weighted by molar-refractivity contribution is 7.18. The lowest BCUT2D eigenvalue weighted by Gasteiger charge is -2.09. The lowest BCUT2D eigenvalue weighted by molar-refractivity contribution is -0.274. The van der Waals surface area contributed by atoms with E-state index in [4.69, 9.17) is 10.8 Å². The minimum absolute atomic E-state index is 0.190. The third-order valence-corrected chi connectivity index (χ3v) is 5.33. The van der Waals surface area contributed by atoms with Gasteiger partial charge < -0.3 is 20.6 Å². The number of aryl methyl sites for hydroxylation is 2. The van der Waals surface area contributed by atoms with Crippen LogP contribution in [-0.4, -0.2) is 27.4 Å². The van der Waals surface area contributed by atoms with Gasteiger partial charge in [-0.1, -0.05) is 12.1 Å². The van der Waals surface area contributed by atoms with Gasteiger partial charge >= 0.3 is 12.3 Å². The van der Waals surface area contributed by atoms with Gasteiger partial charge in [0.1, 0.15) is 10.6 Å². The molecule has 7 nitrogen and oxygen atoms in total. The van der Waals surface area contributed by atoms with Gasteiger partial charge in [-0.15, -0.1) is 24.5 Å². The van der Waals surface area contributed by atoms with Crippen LogP contribution in [0.4, 0.5) is 13.2 Å². The van der Waals surface area contributed by atoms with Crippen LogP contribution < -0.4 is 16.0 Å². The van der Waals surface area contributed by atoms with Crippen LogP contribution in [0.3, 0.4) is 0 Å². The van der Waals surface area contributed by atoms with Gasteiger partial charge in [-0.25, -0.2) is 9.78 Å². The Bertz CT molecular complexity index is 1110. The summed E-state index contributed by atoms with van der Waals surface area (Å²) >= 11 is 1.44. The van der Waals surface area contributed by atoms with Crippen LogP contribution in [-0.2, 0) is 19.4 Å². The third kappa shape index (κ3) is 4.93. The molecule has 0 bridgehead atoms. The quantitative estimate of drug-likeness (QED) is 0.591. The number of carbonyl (C=O) groups is 1. The molecule has 4 N–H and O–H groups in total. The first-order chi connectivity index (χ1) is 13.7. The Hall–Kier alpha value is -2.92. The number of aromatic carboxylic acids is 1. The maximum atomic E-state index is 11.8. The van der Waals surface area contributed by atoms with Crippen molar-refractivity contribution in [3.05, 3.63) is 56.4 Å². The zero-order valence-electron chi connectivity index (χ0n) is 14.9. The van der Waals surface area contributed by atoms with Gasteiger partial charge in [0.05, 0.1) is 5.39 Å². The molecular weight excluding hydrogens is 411 g/mol. The van der Waals surface area contributed by atoms with Crippen molar-refractivity contribution in [3.63, 3.8) is 0 Å². The summed E-state index contributed by atoms with van der Waals surface area (Å²) in [7, 11) is 0. The van der Waals surface area contributed by atoms with E-state index in [2.05, 4.69) is 14.7 Å². The molecule has 2 heterocycles. The van der Waals surface area contributed by atoms with E-state index in [0.717, 1.165) is 24.8 Å². The Balaban J connectivity index is 0.000000170. The molecule has 1 aromatic carbocycles. The number of aromatic amines is 1. The van der Waals surface area contributed by atoms with Crippen LogP contribution in [0.1, 0.15) is 33.0 Å². The number of rotatable bonds is 3. The maximum absolute atomic E-state index is 11.8. The van der Waals surface area contributed by atoms with Gasteiger partial charge in [0.2, 0.25) is 5.82 Å². The largest absolute Gasteiger partial charge is 0.573 e. The molecule has 1 aliphatic carbocycles. The Morgan fingerprint density at radius 2 is 2.10 bits per heavy atom. The van der Waals surface area contributed by atoms with Crippen molar-refractivity contribution < 1.29 is 27.8 Å². The summed E-state index contributed by atoms with van der Waals surface area (Å²) in [6, 6.07) is 5.58. The number of halogens is 3. The Morgan fingerprint density at radius 1 is 1.34 bits per heavy atom. The number of nitrogens with zero attached hydrogens (tertiary/aromatic N) is 1. The van der Waals surface area contributed by atoms with Crippen LogP contribution in [0.15, 0.2) is 29.1 Å². The molecule has 0 unspecified atom stereocenters. The number of thiophene rings is 1. The van der Waals surface area contributed by atoms with Crippen molar-refractivity contribution >= 4 is 27.5 Å². The summed E-state index contributed by atoms with van der Waals surface area (Å²) in [6.45, 7) is 0.190. The van der Waals surface area contributed by atoms with Crippen molar-refractivity contribution in [3.8, 4) is 5.75 Å². The molecule has 3 aromatic rings. The van der Waals surface area contributed by atoms with E-state index >= 15 is 0 Å². The highest BCUT2D eigenvalue weighted by atomic mass is 32.1. The molecule has 4 rings (SSSR count). The summed E-state index contributed by atoms with van der Waals surface area (Å²) < 4.78 is 38.9. The fourth-order valence-corrected chi connectivity index (χ4v) is 4.24. The molecular formula is C18H16F3N3O4S. The van der Waals surface area contributed by atoms with Gasteiger partial charge in [0, 0.05) is 11.4 Å². The minimum atomic E-state index is -4.65. The second-order valence-corrected chi connectivity index (χ2v) is 7.24. The fourth-order valence-electron chi connectivity index (χ4n) is 2.97. The molecule has 154 valence electrons. The van der Waals surface area contributed by atoms with Crippen molar-refractivity contribution in [1.82, 2.24) is 9.97 Å². The lowest BCUT2D eigenvalue weighted by Crippen LogP contribution is -2.17. The number of aromatic nitrogens is 2. The molecule has 0 radical (unpaired) electrons. The normalized spacial score (nSPS) is 13.0. The van der Waals surface area contributed by atoms with Gasteiger partial charge in [-0.3, -0.25) is 4.79 Å². The summed E-state index contributed by atoms with van der Waals surface area (Å²) in [5, 5.41) is 9.37. The highest BCUT2D eigenvalue weighted by Crippen LogP contribution is 2.34. The van der Waals surface area contributed by atoms with E-state index in [1.165, 1.54) is 34.4 Å². The van der Waals surface area contributed by atoms with Crippen LogP contribution in [0.5, 0.6) is 5.75 Å². The van der Waals surface area contributed by atoms with E-state index in [-0.39, 0.29) is 23.7 Å². The third-order valence-electron chi connectivity index (χ3n) is 4.15. The van der Waals surface area contributed by atoms with E-state index < -0.39 is 12.3 Å². The SMILES string of the molecule is NCc1cccc(OC(F)(F)F)c1.O=C(O)c1nc2sc3c(c2c(=O)[nH]1)CCC3. The first-order valence-electron chi connectivity index (χ1n) is 8.50. The molecule has 0 saturated carbocycles. The highest BCUT2D eigenvalue weighted by Gasteiger charge is 2.31. The molecule has 0 fully saturated rings. The van der Waals surface area contributed by atoms with Crippen molar-refractivity contribution in [2.75, 3.05) is 0 Å². The van der Waals surface area contributed by atoms with Gasteiger partial charge in [-0.05, 0) is 42.5 Å². The van der Waals surface area contributed by atoms with Crippen molar-refractivity contribution in [1.29, 1.82) is 0 Å². The summed E-state index contributed by atoms with van der Waals surface area (Å²) in [5.41, 5.74) is 6.57. The minimum Gasteiger partial charge on any atom is -0.475 e. The zero-order valence-corrected chi connectivity index (χ0v) is 15.7.